The second-order valence-electron chi connectivity index (χ2n) is 4.01. The predicted molar refractivity (Wildman–Crippen MR) is 67.2 cm³/mol. The van der Waals surface area contributed by atoms with Gasteiger partial charge in [-0.1, -0.05) is 11.6 Å². The highest BCUT2D eigenvalue weighted by atomic mass is 35.5. The molecule has 3 rings (SSSR count). The number of halogens is 1. The van der Waals surface area contributed by atoms with E-state index in [2.05, 4.69) is 10.2 Å². The lowest BCUT2D eigenvalue weighted by atomic mass is 10.2. The Morgan fingerprint density at radius 1 is 1.50 bits per heavy atom. The van der Waals surface area contributed by atoms with Crippen LogP contribution < -0.4 is 0 Å². The molecule has 0 amide bonds. The lowest BCUT2D eigenvalue weighted by molar-refractivity contribution is 0.738. The van der Waals surface area contributed by atoms with Gasteiger partial charge in [0.2, 0.25) is 0 Å². The van der Waals surface area contributed by atoms with Crippen molar-refractivity contribution in [3.8, 4) is 0 Å². The van der Waals surface area contributed by atoms with Crippen molar-refractivity contribution in [2.45, 2.75) is 24.5 Å². The van der Waals surface area contributed by atoms with Crippen LogP contribution in [0.4, 0.5) is 0 Å². The molecule has 0 radical (unpaired) electrons. The van der Waals surface area contributed by atoms with Crippen LogP contribution in [-0.2, 0) is 6.42 Å². The quantitative estimate of drug-likeness (QED) is 0.825. The van der Waals surface area contributed by atoms with Crippen LogP contribution >= 0.6 is 23.4 Å². The molecule has 0 spiro atoms. The van der Waals surface area contributed by atoms with Crippen molar-refractivity contribution < 1.29 is 0 Å². The second kappa shape index (κ2) is 4.26. The summed E-state index contributed by atoms with van der Waals surface area (Å²) in [5.41, 5.74) is 0.766. The van der Waals surface area contributed by atoms with E-state index in [0.29, 0.717) is 10.3 Å². The number of fused-ring (bicyclic) bond motifs is 1. The zero-order valence-electron chi connectivity index (χ0n) is 8.77. The van der Waals surface area contributed by atoms with Crippen LogP contribution in [0.2, 0.25) is 5.02 Å². The van der Waals surface area contributed by atoms with Gasteiger partial charge in [0, 0.05) is 17.9 Å². The maximum Gasteiger partial charge on any atom is 0.179 e. The van der Waals surface area contributed by atoms with Gasteiger partial charge in [0.05, 0.1) is 5.02 Å². The number of hydrogen-bond acceptors (Lipinski definition) is 3. The number of nitrogens with zero attached hydrogens (tertiary/aromatic N) is 3. The number of thioether (sulfide) groups is 1. The third-order valence-electron chi connectivity index (χ3n) is 2.89. The molecule has 2 aromatic rings. The third kappa shape index (κ3) is 1.80. The molecule has 1 fully saturated rings. The van der Waals surface area contributed by atoms with Crippen molar-refractivity contribution in [1.29, 1.82) is 0 Å². The number of rotatable bonds is 2. The lowest BCUT2D eigenvalue weighted by Gasteiger charge is -2.06. The summed E-state index contributed by atoms with van der Waals surface area (Å²) in [6, 6.07) is 3.78. The van der Waals surface area contributed by atoms with Crippen molar-refractivity contribution in [1.82, 2.24) is 14.6 Å². The van der Waals surface area contributed by atoms with E-state index in [1.54, 1.807) is 0 Å². The van der Waals surface area contributed by atoms with E-state index in [0.717, 1.165) is 17.9 Å². The first kappa shape index (κ1) is 10.4. The van der Waals surface area contributed by atoms with E-state index in [1.165, 1.54) is 18.6 Å². The summed E-state index contributed by atoms with van der Waals surface area (Å²) >= 11 is 8.10. The summed E-state index contributed by atoms with van der Waals surface area (Å²) in [5, 5.41) is 9.73. The minimum absolute atomic E-state index is 0.667. The number of aromatic nitrogens is 3. The highest BCUT2D eigenvalue weighted by molar-refractivity contribution is 8.00. The van der Waals surface area contributed by atoms with Gasteiger partial charge in [0.25, 0.3) is 0 Å². The predicted octanol–water partition coefficient (Wildman–Crippen LogP) is 2.82. The topological polar surface area (TPSA) is 30.2 Å². The number of pyridine rings is 1. The zero-order valence-corrected chi connectivity index (χ0v) is 10.3. The van der Waals surface area contributed by atoms with Gasteiger partial charge in [-0.15, -0.1) is 10.2 Å². The van der Waals surface area contributed by atoms with Crippen LogP contribution in [0.15, 0.2) is 18.3 Å². The second-order valence-corrected chi connectivity index (χ2v) is 5.82. The molecule has 1 atom stereocenters. The minimum atomic E-state index is 0.667. The molecule has 0 N–H and O–H groups in total. The average molecular weight is 254 g/mol. The highest BCUT2D eigenvalue weighted by Gasteiger charge is 2.19. The summed E-state index contributed by atoms with van der Waals surface area (Å²) in [5.74, 6) is 2.30. The van der Waals surface area contributed by atoms with E-state index in [9.17, 15) is 0 Å². The third-order valence-corrected chi connectivity index (χ3v) is 4.59. The van der Waals surface area contributed by atoms with E-state index in [4.69, 9.17) is 11.6 Å². The Labute approximate surface area is 103 Å². The van der Waals surface area contributed by atoms with Gasteiger partial charge in [-0.25, -0.2) is 0 Å². The van der Waals surface area contributed by atoms with Crippen LogP contribution in [0.25, 0.3) is 5.65 Å². The van der Waals surface area contributed by atoms with E-state index in [-0.39, 0.29) is 0 Å². The maximum atomic E-state index is 6.06. The molecule has 3 nitrogen and oxygen atoms in total. The Bertz CT molecular complexity index is 505. The summed E-state index contributed by atoms with van der Waals surface area (Å²) < 4.78 is 2.00. The maximum absolute atomic E-state index is 6.06. The SMILES string of the molecule is Clc1cccn2c(CC3CCCS3)nnc12. The van der Waals surface area contributed by atoms with E-state index < -0.39 is 0 Å². The smallest absolute Gasteiger partial charge is 0.179 e. The molecule has 5 heteroatoms. The first-order valence-electron chi connectivity index (χ1n) is 5.44. The molecule has 0 aliphatic carbocycles. The van der Waals surface area contributed by atoms with Gasteiger partial charge in [0.15, 0.2) is 5.65 Å². The first-order chi connectivity index (χ1) is 7.84. The zero-order chi connectivity index (χ0) is 11.0. The Morgan fingerprint density at radius 3 is 3.25 bits per heavy atom. The van der Waals surface area contributed by atoms with Crippen molar-refractivity contribution in [3.05, 3.63) is 29.2 Å². The Hall–Kier alpha value is -0.740. The molecule has 0 saturated carbocycles. The van der Waals surface area contributed by atoms with Gasteiger partial charge in [-0.2, -0.15) is 11.8 Å². The standard InChI is InChI=1S/C11H12ClN3S/c12-9-4-1-5-15-10(13-14-11(9)15)7-8-3-2-6-16-8/h1,4-5,8H,2-3,6-7H2. The van der Waals surface area contributed by atoms with Crippen molar-refractivity contribution in [2.24, 2.45) is 0 Å². The van der Waals surface area contributed by atoms with Gasteiger partial charge < -0.3 is 0 Å². The summed E-state index contributed by atoms with van der Waals surface area (Å²) in [7, 11) is 0. The highest BCUT2D eigenvalue weighted by Crippen LogP contribution is 2.29. The van der Waals surface area contributed by atoms with Crippen molar-refractivity contribution in [2.75, 3.05) is 5.75 Å². The van der Waals surface area contributed by atoms with Crippen molar-refractivity contribution >= 4 is 29.0 Å². The molecule has 1 unspecified atom stereocenters. The lowest BCUT2D eigenvalue weighted by Crippen LogP contribution is -2.05. The molecule has 0 aromatic carbocycles. The number of hydrogen-bond donors (Lipinski definition) is 0. The van der Waals surface area contributed by atoms with E-state index >= 15 is 0 Å². The van der Waals surface area contributed by atoms with Crippen LogP contribution in [0.3, 0.4) is 0 Å². The Kier molecular flexibility index (Phi) is 2.77. The van der Waals surface area contributed by atoms with Crippen LogP contribution in [0.1, 0.15) is 18.7 Å². The Balaban J connectivity index is 1.94. The molecular formula is C11H12ClN3S. The minimum Gasteiger partial charge on any atom is -0.285 e. The summed E-state index contributed by atoms with van der Waals surface area (Å²) in [6.45, 7) is 0. The molecule has 3 heterocycles. The summed E-state index contributed by atoms with van der Waals surface area (Å²) in [6.07, 6.45) is 5.59. The molecule has 1 aliphatic heterocycles. The first-order valence-corrected chi connectivity index (χ1v) is 6.87. The largest absolute Gasteiger partial charge is 0.285 e. The van der Waals surface area contributed by atoms with Crippen LogP contribution in [-0.4, -0.2) is 25.6 Å². The fraction of sp³-hybridized carbons (Fsp3) is 0.455. The van der Waals surface area contributed by atoms with Crippen LogP contribution in [0, 0.1) is 0 Å². The van der Waals surface area contributed by atoms with Gasteiger partial charge in [-0.05, 0) is 30.7 Å². The van der Waals surface area contributed by atoms with Crippen molar-refractivity contribution in [3.63, 3.8) is 0 Å². The molecule has 16 heavy (non-hydrogen) atoms. The van der Waals surface area contributed by atoms with Gasteiger partial charge in [-0.3, -0.25) is 4.40 Å². The normalized spacial score (nSPS) is 20.7. The molecule has 1 saturated heterocycles. The van der Waals surface area contributed by atoms with E-state index in [1.807, 2.05) is 34.5 Å². The molecule has 1 aliphatic rings. The molecule has 84 valence electrons. The van der Waals surface area contributed by atoms with Gasteiger partial charge in [0.1, 0.15) is 5.82 Å². The monoisotopic (exact) mass is 253 g/mol. The molecule has 2 aromatic heterocycles. The Morgan fingerprint density at radius 2 is 2.44 bits per heavy atom. The fourth-order valence-electron chi connectivity index (χ4n) is 2.08. The van der Waals surface area contributed by atoms with Crippen LogP contribution in [0.5, 0.6) is 0 Å². The average Bonchev–Trinajstić information content (AvgIpc) is 2.90. The fourth-order valence-corrected chi connectivity index (χ4v) is 3.55. The molecule has 0 bridgehead atoms. The summed E-state index contributed by atoms with van der Waals surface area (Å²) in [4.78, 5) is 0. The van der Waals surface area contributed by atoms with Gasteiger partial charge >= 0.3 is 0 Å². The molecular weight excluding hydrogens is 242 g/mol.